The second kappa shape index (κ2) is 8.63. The molecule has 0 rings (SSSR count). The second-order valence-electron chi connectivity index (χ2n) is 3.53. The summed E-state index contributed by atoms with van der Waals surface area (Å²) in [6.07, 6.45) is 8.24. The van der Waals surface area contributed by atoms with E-state index in [0.29, 0.717) is 19.1 Å². The van der Waals surface area contributed by atoms with Crippen LogP contribution in [0.1, 0.15) is 13.3 Å². The number of thioether (sulfide) groups is 1. The fourth-order valence-corrected chi connectivity index (χ4v) is 1.67. The van der Waals surface area contributed by atoms with Gasteiger partial charge in [0.25, 0.3) is 0 Å². The fourth-order valence-electron chi connectivity index (χ4n) is 1.10. The van der Waals surface area contributed by atoms with Crippen molar-refractivity contribution < 1.29 is 4.79 Å². The molecular formula is C11H20N2OS. The summed E-state index contributed by atoms with van der Waals surface area (Å²) in [5.41, 5.74) is 0. The molecule has 0 aromatic rings. The van der Waals surface area contributed by atoms with E-state index in [4.69, 9.17) is 6.42 Å². The van der Waals surface area contributed by atoms with Gasteiger partial charge in [0, 0.05) is 6.04 Å². The van der Waals surface area contributed by atoms with Gasteiger partial charge in [-0.2, -0.15) is 11.8 Å². The third-order valence-corrected chi connectivity index (χ3v) is 2.92. The fraction of sp³-hybridized carbons (Fsp3) is 0.727. The molecule has 0 aliphatic carbocycles. The molecule has 86 valence electrons. The van der Waals surface area contributed by atoms with E-state index in [1.807, 2.05) is 23.7 Å². The molecule has 0 radical (unpaired) electrons. The highest BCUT2D eigenvalue weighted by molar-refractivity contribution is 7.98. The van der Waals surface area contributed by atoms with Gasteiger partial charge in [0.2, 0.25) is 5.91 Å². The topological polar surface area (TPSA) is 32.3 Å². The largest absolute Gasteiger partial charge is 0.344 e. The molecule has 1 amide bonds. The van der Waals surface area contributed by atoms with Crippen molar-refractivity contribution in [3.05, 3.63) is 0 Å². The van der Waals surface area contributed by atoms with Crippen LogP contribution in [0.25, 0.3) is 0 Å². The zero-order chi connectivity index (χ0) is 11.7. The summed E-state index contributed by atoms with van der Waals surface area (Å²) in [7, 11) is 1.96. The first-order valence-electron chi connectivity index (χ1n) is 5.01. The molecule has 0 aromatic carbocycles. The van der Waals surface area contributed by atoms with Crippen LogP contribution in [0.4, 0.5) is 0 Å². The summed E-state index contributed by atoms with van der Waals surface area (Å²) in [5, 5.41) is 2.65. The van der Waals surface area contributed by atoms with Crippen LogP contribution in [-0.4, -0.2) is 49.0 Å². The first-order valence-corrected chi connectivity index (χ1v) is 6.40. The van der Waals surface area contributed by atoms with Crippen LogP contribution in [0.3, 0.4) is 0 Å². The Morgan fingerprint density at radius 2 is 2.33 bits per heavy atom. The van der Waals surface area contributed by atoms with Crippen LogP contribution >= 0.6 is 11.8 Å². The SMILES string of the molecule is C#CCNC(=O)CN(C)C(C)CCSC. The Morgan fingerprint density at radius 3 is 2.87 bits per heavy atom. The summed E-state index contributed by atoms with van der Waals surface area (Å²) in [6, 6.07) is 0.425. The Morgan fingerprint density at radius 1 is 1.67 bits per heavy atom. The molecule has 0 aromatic heterocycles. The van der Waals surface area contributed by atoms with E-state index in [9.17, 15) is 4.79 Å². The highest BCUT2D eigenvalue weighted by Crippen LogP contribution is 2.05. The van der Waals surface area contributed by atoms with Crippen LogP contribution in [0, 0.1) is 12.3 Å². The van der Waals surface area contributed by atoms with Crippen LogP contribution in [-0.2, 0) is 4.79 Å². The number of amides is 1. The van der Waals surface area contributed by atoms with Gasteiger partial charge in [-0.3, -0.25) is 9.69 Å². The summed E-state index contributed by atoms with van der Waals surface area (Å²) < 4.78 is 0. The molecule has 0 bridgehead atoms. The number of nitrogens with one attached hydrogen (secondary N) is 1. The van der Waals surface area contributed by atoms with E-state index >= 15 is 0 Å². The lowest BCUT2D eigenvalue weighted by atomic mass is 10.2. The molecule has 1 unspecified atom stereocenters. The Bertz CT molecular complexity index is 225. The van der Waals surface area contributed by atoms with Crippen molar-refractivity contribution in [2.24, 2.45) is 0 Å². The van der Waals surface area contributed by atoms with Crippen LogP contribution in [0.5, 0.6) is 0 Å². The molecule has 0 aliphatic rings. The minimum Gasteiger partial charge on any atom is -0.344 e. The van der Waals surface area contributed by atoms with E-state index in [1.165, 1.54) is 0 Å². The third-order valence-electron chi connectivity index (χ3n) is 2.27. The smallest absolute Gasteiger partial charge is 0.234 e. The maximum absolute atomic E-state index is 11.3. The first-order chi connectivity index (χ1) is 7.11. The molecule has 0 heterocycles. The van der Waals surface area contributed by atoms with Crippen molar-refractivity contribution in [2.45, 2.75) is 19.4 Å². The number of hydrogen-bond acceptors (Lipinski definition) is 3. The minimum absolute atomic E-state index is 0.00792. The van der Waals surface area contributed by atoms with Crippen LogP contribution in [0.2, 0.25) is 0 Å². The lowest BCUT2D eigenvalue weighted by Gasteiger charge is -2.23. The number of hydrogen-bond donors (Lipinski definition) is 1. The van der Waals surface area contributed by atoms with Crippen molar-refractivity contribution >= 4 is 17.7 Å². The van der Waals surface area contributed by atoms with Gasteiger partial charge in [-0.25, -0.2) is 0 Å². The summed E-state index contributed by atoms with van der Waals surface area (Å²) in [5.74, 6) is 3.50. The van der Waals surface area contributed by atoms with Gasteiger partial charge >= 0.3 is 0 Å². The zero-order valence-corrected chi connectivity index (χ0v) is 10.6. The van der Waals surface area contributed by atoms with Gasteiger partial charge in [-0.15, -0.1) is 6.42 Å². The first kappa shape index (κ1) is 14.3. The molecule has 0 saturated heterocycles. The Balaban J connectivity index is 3.75. The van der Waals surface area contributed by atoms with E-state index in [2.05, 4.69) is 24.4 Å². The minimum atomic E-state index is -0.00792. The van der Waals surface area contributed by atoms with Crippen molar-refractivity contribution in [3.8, 4) is 12.3 Å². The normalized spacial score (nSPS) is 12.2. The van der Waals surface area contributed by atoms with Gasteiger partial charge in [0.05, 0.1) is 13.1 Å². The number of carbonyl (C=O) groups is 1. The Kier molecular flexibility index (Phi) is 8.25. The lowest BCUT2D eigenvalue weighted by molar-refractivity contribution is -0.122. The molecule has 0 fully saturated rings. The standard InChI is InChI=1S/C11H20N2OS/c1-5-7-12-11(14)9-13(3)10(2)6-8-15-4/h1,10H,6-9H2,2-4H3,(H,12,14). The average molecular weight is 228 g/mol. The maximum Gasteiger partial charge on any atom is 0.234 e. The van der Waals surface area contributed by atoms with Crippen molar-refractivity contribution in [3.63, 3.8) is 0 Å². The lowest BCUT2D eigenvalue weighted by Crippen LogP contribution is -2.39. The molecule has 15 heavy (non-hydrogen) atoms. The molecular weight excluding hydrogens is 208 g/mol. The van der Waals surface area contributed by atoms with E-state index in [0.717, 1.165) is 12.2 Å². The molecule has 1 atom stereocenters. The summed E-state index contributed by atoms with van der Waals surface area (Å²) >= 11 is 1.83. The van der Waals surface area contributed by atoms with Gasteiger partial charge < -0.3 is 5.32 Å². The Labute approximate surface area is 97.0 Å². The predicted octanol–water partition coefficient (Wildman–Crippen LogP) is 0.809. The maximum atomic E-state index is 11.3. The third kappa shape index (κ3) is 7.29. The molecule has 0 spiro atoms. The molecule has 0 saturated carbocycles. The molecule has 1 N–H and O–H groups in total. The van der Waals surface area contributed by atoms with E-state index in [-0.39, 0.29) is 5.91 Å². The van der Waals surface area contributed by atoms with Gasteiger partial charge in [0.1, 0.15) is 0 Å². The zero-order valence-electron chi connectivity index (χ0n) is 9.75. The monoisotopic (exact) mass is 228 g/mol. The molecule has 0 aliphatic heterocycles. The second-order valence-corrected chi connectivity index (χ2v) is 4.51. The van der Waals surface area contributed by atoms with Crippen molar-refractivity contribution in [1.29, 1.82) is 0 Å². The van der Waals surface area contributed by atoms with Gasteiger partial charge in [-0.1, -0.05) is 5.92 Å². The van der Waals surface area contributed by atoms with Gasteiger partial charge in [0.15, 0.2) is 0 Å². The number of terminal acetylenes is 1. The van der Waals surface area contributed by atoms with E-state index in [1.54, 1.807) is 0 Å². The Hall–Kier alpha value is -0.660. The van der Waals surface area contributed by atoms with E-state index < -0.39 is 0 Å². The van der Waals surface area contributed by atoms with Crippen LogP contribution in [0.15, 0.2) is 0 Å². The molecule has 3 nitrogen and oxygen atoms in total. The molecule has 4 heteroatoms. The average Bonchev–Trinajstić information content (AvgIpc) is 2.22. The summed E-state index contributed by atoms with van der Waals surface area (Å²) in [6.45, 7) is 2.85. The van der Waals surface area contributed by atoms with Crippen molar-refractivity contribution in [1.82, 2.24) is 10.2 Å². The number of rotatable bonds is 7. The van der Waals surface area contributed by atoms with Crippen LogP contribution < -0.4 is 5.32 Å². The van der Waals surface area contributed by atoms with Gasteiger partial charge in [-0.05, 0) is 32.4 Å². The van der Waals surface area contributed by atoms with Crippen molar-refractivity contribution in [2.75, 3.05) is 32.1 Å². The predicted molar refractivity (Wildman–Crippen MR) is 66.9 cm³/mol. The highest BCUT2D eigenvalue weighted by atomic mass is 32.2. The number of carbonyl (C=O) groups excluding carboxylic acids is 1. The highest BCUT2D eigenvalue weighted by Gasteiger charge is 2.11. The summed E-state index contributed by atoms with van der Waals surface area (Å²) in [4.78, 5) is 13.4. The number of nitrogens with zero attached hydrogens (tertiary/aromatic N) is 1. The number of likely N-dealkylation sites (N-methyl/N-ethyl adjacent to an activating group) is 1. The quantitative estimate of drug-likeness (QED) is 0.655.